The van der Waals surface area contributed by atoms with E-state index < -0.39 is 36.0 Å². The van der Waals surface area contributed by atoms with Crippen LogP contribution in [-0.4, -0.2) is 56.4 Å². The Hall–Kier alpha value is -0.820. The molecule has 1 aliphatic carbocycles. The second kappa shape index (κ2) is 11.7. The smallest absolute Gasteiger partial charge is 0.189 e. The molecule has 0 aliphatic heterocycles. The molecule has 0 amide bonds. The van der Waals surface area contributed by atoms with E-state index in [2.05, 4.69) is 0 Å². The molecule has 0 aromatic rings. The van der Waals surface area contributed by atoms with Crippen molar-refractivity contribution >= 4 is 11.6 Å². The van der Waals surface area contributed by atoms with Crippen LogP contribution in [0.5, 0.6) is 0 Å². The van der Waals surface area contributed by atoms with Crippen LogP contribution in [0.3, 0.4) is 0 Å². The highest BCUT2D eigenvalue weighted by molar-refractivity contribution is 5.87. The molecule has 4 N–H and O–H groups in total. The molecule has 0 aromatic heterocycles. The van der Waals surface area contributed by atoms with E-state index in [-0.39, 0.29) is 0 Å². The fourth-order valence-corrected chi connectivity index (χ4v) is 3.07. The zero-order valence-electron chi connectivity index (χ0n) is 14.4. The number of hydrogen-bond donors (Lipinski definition) is 4. The number of aliphatic hydroxyl groups is 4. The molecule has 1 fully saturated rings. The second-order valence-corrected chi connectivity index (χ2v) is 6.85. The number of carbonyl (C=O) groups excluding carboxylic acids is 2. The summed E-state index contributed by atoms with van der Waals surface area (Å²) in [7, 11) is 0. The van der Waals surface area contributed by atoms with Gasteiger partial charge in [0, 0.05) is 0 Å². The van der Waals surface area contributed by atoms with Crippen molar-refractivity contribution in [2.75, 3.05) is 0 Å². The van der Waals surface area contributed by atoms with Crippen LogP contribution in [0.1, 0.15) is 77.0 Å². The maximum atomic E-state index is 11.9. The van der Waals surface area contributed by atoms with Gasteiger partial charge in [-0.2, -0.15) is 0 Å². The second-order valence-electron chi connectivity index (χ2n) is 6.85. The largest absolute Gasteiger partial charge is 0.385 e. The Balaban J connectivity index is 2.50. The summed E-state index contributed by atoms with van der Waals surface area (Å²) < 4.78 is 0. The minimum atomic E-state index is -1.11. The van der Waals surface area contributed by atoms with Crippen LogP contribution in [0.2, 0.25) is 0 Å². The summed E-state index contributed by atoms with van der Waals surface area (Å²) in [5.74, 6) is -0.986. The fraction of sp³-hybridized carbons (Fsp3) is 0.889. The van der Waals surface area contributed by atoms with E-state index in [0.29, 0.717) is 51.4 Å². The van der Waals surface area contributed by atoms with E-state index in [1.165, 1.54) is 0 Å². The molecule has 1 rings (SSSR count). The van der Waals surface area contributed by atoms with Gasteiger partial charge in [-0.3, -0.25) is 9.59 Å². The van der Waals surface area contributed by atoms with E-state index in [1.807, 2.05) is 0 Å². The predicted molar refractivity (Wildman–Crippen MR) is 89.4 cm³/mol. The third-order valence-electron chi connectivity index (χ3n) is 4.72. The van der Waals surface area contributed by atoms with Crippen LogP contribution in [-0.2, 0) is 9.59 Å². The lowest BCUT2D eigenvalue weighted by atomic mass is 9.96. The highest BCUT2D eigenvalue weighted by Gasteiger charge is 2.24. The summed E-state index contributed by atoms with van der Waals surface area (Å²) >= 11 is 0. The molecule has 0 saturated heterocycles. The monoisotopic (exact) mass is 344 g/mol. The third kappa shape index (κ3) is 7.83. The van der Waals surface area contributed by atoms with Crippen molar-refractivity contribution in [1.29, 1.82) is 0 Å². The quantitative estimate of drug-likeness (QED) is 0.526. The lowest BCUT2D eigenvalue weighted by Crippen LogP contribution is -2.32. The maximum absolute atomic E-state index is 11.9. The van der Waals surface area contributed by atoms with E-state index in [9.17, 15) is 30.0 Å². The van der Waals surface area contributed by atoms with Gasteiger partial charge in [0.2, 0.25) is 0 Å². The third-order valence-corrected chi connectivity index (χ3v) is 4.72. The minimum absolute atomic E-state index is 0.329. The molecule has 0 bridgehead atoms. The molecule has 0 spiro atoms. The van der Waals surface area contributed by atoms with E-state index in [4.69, 9.17) is 0 Å². The molecular formula is C18H32O6. The van der Waals surface area contributed by atoms with Crippen molar-refractivity contribution in [1.82, 2.24) is 0 Å². The lowest BCUT2D eigenvalue weighted by molar-refractivity contribution is -0.137. The van der Waals surface area contributed by atoms with E-state index in [0.717, 1.165) is 25.7 Å². The molecule has 0 heterocycles. The first kappa shape index (κ1) is 21.2. The normalized spacial score (nSPS) is 33.7. The highest BCUT2D eigenvalue weighted by Crippen LogP contribution is 2.16. The van der Waals surface area contributed by atoms with Gasteiger partial charge in [-0.15, -0.1) is 0 Å². The van der Waals surface area contributed by atoms with Crippen LogP contribution < -0.4 is 0 Å². The molecule has 4 unspecified atom stereocenters. The SMILES string of the molecule is O=C1C(O)CCCCCCC(O)C(=O)C(O)CCCCCCC1O. The van der Waals surface area contributed by atoms with Crippen molar-refractivity contribution in [3.8, 4) is 0 Å². The van der Waals surface area contributed by atoms with Crippen LogP contribution in [0, 0.1) is 0 Å². The number of carbonyl (C=O) groups is 2. The van der Waals surface area contributed by atoms with Crippen molar-refractivity contribution in [2.45, 2.75) is 101 Å². The Morgan fingerprint density at radius 3 is 0.875 bits per heavy atom. The zero-order chi connectivity index (χ0) is 17.9. The Labute approximate surface area is 143 Å². The molecule has 0 aromatic carbocycles. The summed E-state index contributed by atoms with van der Waals surface area (Å²) in [6, 6.07) is 0. The van der Waals surface area contributed by atoms with Gasteiger partial charge in [-0.1, -0.05) is 51.4 Å². The lowest BCUT2D eigenvalue weighted by Gasteiger charge is -2.16. The van der Waals surface area contributed by atoms with Crippen molar-refractivity contribution in [2.24, 2.45) is 0 Å². The molecule has 140 valence electrons. The highest BCUT2D eigenvalue weighted by atomic mass is 16.3. The van der Waals surface area contributed by atoms with Gasteiger partial charge >= 0.3 is 0 Å². The van der Waals surface area contributed by atoms with Gasteiger partial charge < -0.3 is 20.4 Å². The van der Waals surface area contributed by atoms with E-state index >= 15 is 0 Å². The number of rotatable bonds is 0. The van der Waals surface area contributed by atoms with Gasteiger partial charge in [-0.25, -0.2) is 0 Å². The molecular weight excluding hydrogens is 312 g/mol. The Morgan fingerprint density at radius 2 is 0.667 bits per heavy atom. The molecule has 6 nitrogen and oxygen atoms in total. The van der Waals surface area contributed by atoms with Crippen LogP contribution in [0.25, 0.3) is 0 Å². The first-order valence-corrected chi connectivity index (χ1v) is 9.23. The summed E-state index contributed by atoms with van der Waals surface area (Å²) in [5, 5.41) is 39.3. The van der Waals surface area contributed by atoms with Crippen LogP contribution in [0.4, 0.5) is 0 Å². The van der Waals surface area contributed by atoms with Gasteiger partial charge in [0.25, 0.3) is 0 Å². The van der Waals surface area contributed by atoms with Gasteiger partial charge in [0.15, 0.2) is 11.6 Å². The molecule has 1 saturated carbocycles. The van der Waals surface area contributed by atoms with Gasteiger partial charge in [0.05, 0.1) is 0 Å². The standard InChI is InChI=1S/C18H32O6/c19-13-9-5-1-2-6-10-14(20)18(24)16(22)12-8-4-3-7-11-15(21)17(13)23/h13-16,19-22H,1-12H2. The molecule has 1 aliphatic rings. The average molecular weight is 344 g/mol. The van der Waals surface area contributed by atoms with Gasteiger partial charge in [0.1, 0.15) is 24.4 Å². The summed E-state index contributed by atoms with van der Waals surface area (Å²) in [6.07, 6.45) is 2.64. The van der Waals surface area contributed by atoms with Crippen molar-refractivity contribution in [3.05, 3.63) is 0 Å². The first-order chi connectivity index (χ1) is 11.4. The number of aliphatic hydroxyl groups excluding tert-OH is 4. The first-order valence-electron chi connectivity index (χ1n) is 9.23. The summed E-state index contributed by atoms with van der Waals surface area (Å²) in [5.41, 5.74) is 0. The molecule has 6 heteroatoms. The number of hydrogen-bond acceptors (Lipinski definition) is 6. The topological polar surface area (TPSA) is 115 Å². The average Bonchev–Trinajstić information content (AvgIpc) is 2.57. The zero-order valence-corrected chi connectivity index (χ0v) is 14.4. The number of Topliss-reactive ketones (excluding diaryl/α,β-unsaturated/α-hetero) is 2. The Kier molecular flexibility index (Phi) is 10.3. The Bertz CT molecular complexity index is 316. The minimum Gasteiger partial charge on any atom is -0.385 e. The predicted octanol–water partition coefficient (Wildman–Crippen LogP) is 1.26. The molecule has 0 radical (unpaired) electrons. The van der Waals surface area contributed by atoms with Crippen molar-refractivity contribution in [3.63, 3.8) is 0 Å². The Morgan fingerprint density at radius 1 is 0.458 bits per heavy atom. The maximum Gasteiger partial charge on any atom is 0.189 e. The molecule has 24 heavy (non-hydrogen) atoms. The van der Waals surface area contributed by atoms with Gasteiger partial charge in [-0.05, 0) is 25.7 Å². The van der Waals surface area contributed by atoms with Crippen LogP contribution in [0.15, 0.2) is 0 Å². The van der Waals surface area contributed by atoms with E-state index in [1.54, 1.807) is 0 Å². The molecule has 4 atom stereocenters. The number of ketones is 2. The fourth-order valence-electron chi connectivity index (χ4n) is 3.07. The summed E-state index contributed by atoms with van der Waals surface area (Å²) in [6.45, 7) is 0. The van der Waals surface area contributed by atoms with Crippen LogP contribution >= 0.6 is 0 Å². The summed E-state index contributed by atoms with van der Waals surface area (Å²) in [4.78, 5) is 23.7. The van der Waals surface area contributed by atoms with Crippen molar-refractivity contribution < 1.29 is 30.0 Å².